The summed E-state index contributed by atoms with van der Waals surface area (Å²) in [5.74, 6) is -7.33. The number of carboxylic acids is 2. The summed E-state index contributed by atoms with van der Waals surface area (Å²) in [7, 11) is 0. The first-order valence-electron chi connectivity index (χ1n) is 7.64. The van der Waals surface area contributed by atoms with Crippen LogP contribution in [-0.2, 0) is 9.59 Å². The molecule has 2 aliphatic rings. The van der Waals surface area contributed by atoms with Gasteiger partial charge in [-0.15, -0.1) is 0 Å². The predicted molar refractivity (Wildman–Crippen MR) is 79.5 cm³/mol. The van der Waals surface area contributed by atoms with Gasteiger partial charge in [0.25, 0.3) is 5.91 Å². The molecule has 2 aliphatic carbocycles. The summed E-state index contributed by atoms with van der Waals surface area (Å²) in [6.07, 6.45) is 0.0270. The Morgan fingerprint density at radius 2 is 1.80 bits per heavy atom. The van der Waals surface area contributed by atoms with Gasteiger partial charge in [-0.25, -0.2) is 8.78 Å². The predicted octanol–water partition coefficient (Wildman–Crippen LogP) is 0.443. The van der Waals surface area contributed by atoms with Crippen molar-refractivity contribution in [2.24, 2.45) is 29.4 Å². The second kappa shape index (κ2) is 5.76. The smallest absolute Gasteiger partial charge is 0.324 e. The first-order valence-corrected chi connectivity index (χ1v) is 7.64. The molecule has 1 amide bonds. The second-order valence-electron chi connectivity index (χ2n) is 6.65. The molecule has 1 aromatic rings. The number of rotatable bonds is 5. The quantitative estimate of drug-likeness (QED) is 0.607. The lowest BCUT2D eigenvalue weighted by Crippen LogP contribution is -2.50. The van der Waals surface area contributed by atoms with Crippen LogP contribution >= 0.6 is 0 Å². The van der Waals surface area contributed by atoms with Crippen molar-refractivity contribution >= 4 is 17.8 Å². The van der Waals surface area contributed by atoms with E-state index in [-0.39, 0.29) is 18.5 Å². The Morgan fingerprint density at radius 3 is 2.32 bits per heavy atom. The molecule has 0 aromatic heterocycles. The molecule has 0 spiro atoms. The van der Waals surface area contributed by atoms with Gasteiger partial charge in [-0.3, -0.25) is 14.4 Å². The Morgan fingerprint density at radius 1 is 1.20 bits per heavy atom. The number of benzene rings is 1. The average Bonchev–Trinajstić information content (AvgIpc) is 3.19. The topological polar surface area (TPSA) is 130 Å². The fourth-order valence-corrected chi connectivity index (χ4v) is 4.06. The summed E-state index contributed by atoms with van der Waals surface area (Å²) < 4.78 is 26.3. The van der Waals surface area contributed by atoms with E-state index in [1.54, 1.807) is 0 Å². The lowest BCUT2D eigenvalue weighted by atomic mass is 9.87. The fraction of sp³-hybridized carbons (Fsp3) is 0.438. The van der Waals surface area contributed by atoms with E-state index in [1.165, 1.54) is 0 Å². The number of hydrogen-bond acceptors (Lipinski definition) is 4. The summed E-state index contributed by atoms with van der Waals surface area (Å²) in [5, 5.41) is 21.0. The van der Waals surface area contributed by atoms with Gasteiger partial charge in [0, 0.05) is 24.1 Å². The van der Waals surface area contributed by atoms with Crippen LogP contribution in [0.2, 0.25) is 0 Å². The molecule has 3 rings (SSSR count). The number of halogens is 2. The molecule has 0 aliphatic heterocycles. The number of nitrogens with one attached hydrogen (secondary N) is 1. The van der Waals surface area contributed by atoms with E-state index in [4.69, 9.17) is 5.73 Å². The number of carboxylic acid groups (broad SMARTS) is 2. The molecular weight excluding hydrogens is 338 g/mol. The van der Waals surface area contributed by atoms with Crippen molar-refractivity contribution in [3.63, 3.8) is 0 Å². The van der Waals surface area contributed by atoms with Gasteiger partial charge < -0.3 is 21.3 Å². The van der Waals surface area contributed by atoms with E-state index in [2.05, 4.69) is 5.32 Å². The number of aliphatic carboxylic acids is 2. The van der Waals surface area contributed by atoms with E-state index in [0.717, 1.165) is 12.1 Å². The maximum atomic E-state index is 13.2. The van der Waals surface area contributed by atoms with E-state index >= 15 is 0 Å². The number of nitrogens with two attached hydrogens (primary N) is 1. The van der Waals surface area contributed by atoms with Crippen LogP contribution in [0.1, 0.15) is 16.8 Å². The minimum absolute atomic E-state index is 0.0197. The van der Waals surface area contributed by atoms with Crippen molar-refractivity contribution < 1.29 is 33.4 Å². The molecule has 0 saturated heterocycles. The molecule has 25 heavy (non-hydrogen) atoms. The third kappa shape index (κ3) is 2.84. The zero-order valence-electron chi connectivity index (χ0n) is 12.9. The zero-order chi connectivity index (χ0) is 18.5. The summed E-state index contributed by atoms with van der Waals surface area (Å²) in [5.41, 5.74) is 4.03. The number of hydrogen-bond donors (Lipinski definition) is 4. The molecule has 5 atom stereocenters. The van der Waals surface area contributed by atoms with Gasteiger partial charge in [0.15, 0.2) is 0 Å². The van der Waals surface area contributed by atoms with E-state index in [0.29, 0.717) is 6.07 Å². The molecule has 0 heterocycles. The van der Waals surface area contributed by atoms with E-state index in [9.17, 15) is 33.4 Å². The lowest BCUT2D eigenvalue weighted by molar-refractivity contribution is -0.145. The number of fused-ring (bicyclic) bond motifs is 1. The van der Waals surface area contributed by atoms with Gasteiger partial charge >= 0.3 is 11.9 Å². The maximum Gasteiger partial charge on any atom is 0.324 e. The number of carbonyl (C=O) groups excluding carboxylic acids is 1. The Kier molecular flexibility index (Phi) is 3.98. The van der Waals surface area contributed by atoms with Crippen LogP contribution in [0.3, 0.4) is 0 Å². The van der Waals surface area contributed by atoms with Crippen LogP contribution in [0, 0.1) is 35.3 Å². The summed E-state index contributed by atoms with van der Waals surface area (Å²) >= 11 is 0. The van der Waals surface area contributed by atoms with Gasteiger partial charge in [0.1, 0.15) is 17.2 Å². The second-order valence-corrected chi connectivity index (χ2v) is 6.65. The molecule has 5 N–H and O–H groups in total. The highest BCUT2D eigenvalue weighted by molar-refractivity contribution is 5.94. The van der Waals surface area contributed by atoms with Crippen molar-refractivity contribution in [3.8, 4) is 0 Å². The Hall–Kier alpha value is -2.55. The van der Waals surface area contributed by atoms with Crippen molar-refractivity contribution in [2.75, 3.05) is 6.54 Å². The summed E-state index contributed by atoms with van der Waals surface area (Å²) in [6.45, 7) is -0.0197. The fourth-order valence-electron chi connectivity index (χ4n) is 4.06. The third-order valence-electron chi connectivity index (χ3n) is 5.15. The minimum Gasteiger partial charge on any atom is -0.481 e. The van der Waals surface area contributed by atoms with E-state index < -0.39 is 58.7 Å². The number of amides is 1. The molecular formula is C16H16F2N2O5. The van der Waals surface area contributed by atoms with Gasteiger partial charge in [0.05, 0.1) is 5.92 Å². The minimum atomic E-state index is -1.64. The van der Waals surface area contributed by atoms with Crippen LogP contribution < -0.4 is 11.1 Å². The molecule has 134 valence electrons. The summed E-state index contributed by atoms with van der Waals surface area (Å²) in [6, 6.07) is 2.38. The number of carbonyl (C=O) groups is 3. The monoisotopic (exact) mass is 354 g/mol. The van der Waals surface area contributed by atoms with Crippen molar-refractivity contribution in [1.29, 1.82) is 0 Å². The molecule has 1 unspecified atom stereocenters. The van der Waals surface area contributed by atoms with Gasteiger partial charge in [-0.2, -0.15) is 0 Å². The molecule has 7 nitrogen and oxygen atoms in total. The molecule has 0 radical (unpaired) electrons. The maximum absolute atomic E-state index is 13.2. The van der Waals surface area contributed by atoms with Gasteiger partial charge in [0.2, 0.25) is 0 Å². The highest BCUT2D eigenvalue weighted by atomic mass is 19.1. The highest BCUT2D eigenvalue weighted by Gasteiger charge is 2.73. The molecule has 1 aromatic carbocycles. The molecule has 2 fully saturated rings. The molecule has 0 bridgehead atoms. The lowest BCUT2D eigenvalue weighted by Gasteiger charge is -2.24. The normalized spacial score (nSPS) is 32.8. The van der Waals surface area contributed by atoms with Crippen molar-refractivity contribution in [1.82, 2.24) is 5.32 Å². The Balaban J connectivity index is 1.70. The van der Waals surface area contributed by atoms with Crippen molar-refractivity contribution in [2.45, 2.75) is 12.0 Å². The largest absolute Gasteiger partial charge is 0.481 e. The van der Waals surface area contributed by atoms with Crippen LogP contribution in [-0.4, -0.2) is 40.1 Å². The Bertz CT molecular complexity index is 751. The van der Waals surface area contributed by atoms with Crippen LogP contribution in [0.15, 0.2) is 18.2 Å². The first-order chi connectivity index (χ1) is 11.6. The first kappa shape index (κ1) is 17.3. The van der Waals surface area contributed by atoms with Crippen molar-refractivity contribution in [3.05, 3.63) is 35.4 Å². The van der Waals surface area contributed by atoms with Crippen LogP contribution in [0.25, 0.3) is 0 Å². The van der Waals surface area contributed by atoms with Crippen LogP contribution in [0.5, 0.6) is 0 Å². The van der Waals surface area contributed by atoms with Gasteiger partial charge in [-0.1, -0.05) is 0 Å². The van der Waals surface area contributed by atoms with Crippen LogP contribution in [0.4, 0.5) is 8.78 Å². The average molecular weight is 354 g/mol. The highest BCUT2D eigenvalue weighted by Crippen LogP contribution is 2.64. The SMILES string of the molecule is N[C@@]1(C(=O)O)C[C@H](CNC(=O)c2cc(F)cc(F)c2)C2[C@H](C(=O)O)[C@H]21. The molecule has 2 saturated carbocycles. The Labute approximate surface area is 140 Å². The summed E-state index contributed by atoms with van der Waals surface area (Å²) in [4.78, 5) is 34.7. The van der Waals surface area contributed by atoms with Gasteiger partial charge in [-0.05, 0) is 30.4 Å². The zero-order valence-corrected chi connectivity index (χ0v) is 12.9. The molecule has 9 heteroatoms. The van der Waals surface area contributed by atoms with E-state index in [1.807, 2.05) is 0 Å². The standard InChI is InChI=1S/C16H16F2N2O5/c17-8-1-6(2-9(18)3-8)13(21)20-5-7-4-16(19,15(24)25)12-10(7)11(12)14(22)23/h1-3,7,10-12H,4-5,19H2,(H,20,21)(H,22,23)(H,24,25)/t7-,10?,11+,12+,16+/m1/s1. The third-order valence-corrected chi connectivity index (χ3v) is 5.15.